The third-order valence-electron chi connectivity index (χ3n) is 6.53. The number of carbonyl (C=O) groups is 2. The Bertz CT molecular complexity index is 1100. The molecule has 196 valence electrons. The molecule has 1 aliphatic carbocycles. The highest BCUT2D eigenvalue weighted by atomic mass is 35.5. The smallest absolute Gasteiger partial charge is 0.248 e. The number of hydrogen-bond donors (Lipinski definition) is 2. The van der Waals surface area contributed by atoms with Gasteiger partial charge in [0, 0.05) is 41.7 Å². The van der Waals surface area contributed by atoms with Crippen LogP contribution in [0.3, 0.4) is 0 Å². The molecule has 2 heterocycles. The largest absolute Gasteiger partial charge is 0.391 e. The van der Waals surface area contributed by atoms with E-state index in [1.54, 1.807) is 22.9 Å². The van der Waals surface area contributed by atoms with E-state index in [1.807, 2.05) is 27.0 Å². The summed E-state index contributed by atoms with van der Waals surface area (Å²) in [5.41, 5.74) is 1.22. The van der Waals surface area contributed by atoms with E-state index in [0.29, 0.717) is 16.0 Å². The number of likely N-dealkylation sites (tertiary alicyclic amines) is 1. The fourth-order valence-electron chi connectivity index (χ4n) is 4.51. The van der Waals surface area contributed by atoms with Gasteiger partial charge < -0.3 is 20.1 Å². The third kappa shape index (κ3) is 6.37. The lowest BCUT2D eigenvalue weighted by atomic mass is 9.85. The summed E-state index contributed by atoms with van der Waals surface area (Å²) in [4.78, 5) is 28.2. The van der Waals surface area contributed by atoms with Gasteiger partial charge in [-0.15, -0.1) is 5.10 Å². The van der Waals surface area contributed by atoms with Crippen molar-refractivity contribution in [3.05, 3.63) is 45.7 Å². The topological polar surface area (TPSA) is 110 Å². The van der Waals surface area contributed by atoms with Gasteiger partial charge in [-0.3, -0.25) is 9.59 Å². The number of nitrogens with one attached hydrogen (secondary N) is 1. The molecule has 1 aliphatic heterocycles. The molecule has 4 rings (SSSR count). The lowest BCUT2D eigenvalue weighted by Gasteiger charge is -2.34. The van der Waals surface area contributed by atoms with Crippen LogP contribution in [0.4, 0.5) is 0 Å². The molecule has 9 nitrogen and oxygen atoms in total. The fourth-order valence-corrected chi connectivity index (χ4v) is 4.97. The Hall–Kier alpha value is -2.20. The van der Waals surface area contributed by atoms with E-state index in [1.165, 1.54) is 4.90 Å². The number of β-amino-alcohol motifs (C(OH)–C–C–N with tert-alkyl or cyclic N) is 1. The number of halogens is 2. The standard InChI is InChI=1S/C25H33Cl2N5O4/c1-25(2,3)22(32-13-20(29-30-32)15-4-5-15)24(35)31-12-18(33)11-21(31)23(34)28-8-9-36-14-16-6-7-17(26)10-19(16)27/h6-7,10,13,15,18,21-22,33H,4-5,8-9,11-12,14H2,1-3H3,(H,28,34)/t18?,21?,22-/m1/s1. The zero-order valence-electron chi connectivity index (χ0n) is 20.8. The van der Waals surface area contributed by atoms with Crippen molar-refractivity contribution in [1.82, 2.24) is 25.2 Å². The lowest BCUT2D eigenvalue weighted by molar-refractivity contribution is -0.144. The fraction of sp³-hybridized carbons (Fsp3) is 0.600. The van der Waals surface area contributed by atoms with Crippen molar-refractivity contribution in [1.29, 1.82) is 0 Å². The summed E-state index contributed by atoms with van der Waals surface area (Å²) in [6, 6.07) is 3.76. The molecule has 0 radical (unpaired) electrons. The van der Waals surface area contributed by atoms with Crippen LogP contribution in [0, 0.1) is 5.41 Å². The molecule has 36 heavy (non-hydrogen) atoms. The summed E-state index contributed by atoms with van der Waals surface area (Å²) >= 11 is 12.1. The highest BCUT2D eigenvalue weighted by molar-refractivity contribution is 6.35. The van der Waals surface area contributed by atoms with Crippen LogP contribution in [-0.4, -0.2) is 68.7 Å². The van der Waals surface area contributed by atoms with E-state index >= 15 is 0 Å². The van der Waals surface area contributed by atoms with Gasteiger partial charge in [0.2, 0.25) is 11.8 Å². The number of carbonyl (C=O) groups excluding carboxylic acids is 2. The number of ether oxygens (including phenoxy) is 1. The van der Waals surface area contributed by atoms with Gasteiger partial charge in [-0.2, -0.15) is 0 Å². The number of hydrogen-bond acceptors (Lipinski definition) is 6. The van der Waals surface area contributed by atoms with Crippen molar-refractivity contribution in [2.75, 3.05) is 19.7 Å². The molecule has 2 fully saturated rings. The molecule has 2 unspecified atom stereocenters. The van der Waals surface area contributed by atoms with Crippen molar-refractivity contribution in [3.63, 3.8) is 0 Å². The van der Waals surface area contributed by atoms with Crippen molar-refractivity contribution in [2.45, 2.75) is 70.7 Å². The molecule has 2 aliphatic rings. The van der Waals surface area contributed by atoms with E-state index in [4.69, 9.17) is 27.9 Å². The van der Waals surface area contributed by atoms with Crippen LogP contribution in [0.15, 0.2) is 24.4 Å². The Morgan fingerprint density at radius 1 is 1.28 bits per heavy atom. The van der Waals surface area contributed by atoms with Gasteiger partial charge in [-0.05, 0) is 36.0 Å². The minimum Gasteiger partial charge on any atom is -0.391 e. The highest BCUT2D eigenvalue weighted by Crippen LogP contribution is 2.40. The quantitative estimate of drug-likeness (QED) is 0.474. The number of aliphatic hydroxyl groups excluding tert-OH is 1. The number of aliphatic hydroxyl groups is 1. The maximum Gasteiger partial charge on any atom is 0.248 e. The van der Waals surface area contributed by atoms with Gasteiger partial charge in [0.1, 0.15) is 12.1 Å². The predicted octanol–water partition coefficient (Wildman–Crippen LogP) is 3.34. The maximum absolute atomic E-state index is 13.7. The van der Waals surface area contributed by atoms with Crippen LogP contribution < -0.4 is 5.32 Å². The average molecular weight is 538 g/mol. The zero-order chi connectivity index (χ0) is 26.0. The van der Waals surface area contributed by atoms with E-state index in [2.05, 4.69) is 15.6 Å². The van der Waals surface area contributed by atoms with Gasteiger partial charge in [-0.25, -0.2) is 4.68 Å². The predicted molar refractivity (Wildman–Crippen MR) is 136 cm³/mol. The normalized spacial score (nSPS) is 21.0. The summed E-state index contributed by atoms with van der Waals surface area (Å²) < 4.78 is 7.24. The lowest BCUT2D eigenvalue weighted by Crippen LogP contribution is -2.50. The van der Waals surface area contributed by atoms with Gasteiger partial charge in [0.15, 0.2) is 0 Å². The van der Waals surface area contributed by atoms with Crippen LogP contribution in [0.25, 0.3) is 0 Å². The molecule has 2 N–H and O–H groups in total. The molecule has 1 saturated heterocycles. The SMILES string of the molecule is CC(C)(C)[C@@H](C(=O)N1CC(O)CC1C(=O)NCCOCc1ccc(Cl)cc1Cl)n1cc(C2CC2)nn1. The molecule has 3 atom stereocenters. The molecule has 1 saturated carbocycles. The van der Waals surface area contributed by atoms with E-state index in [9.17, 15) is 14.7 Å². The Morgan fingerprint density at radius 2 is 2.03 bits per heavy atom. The molecule has 1 aromatic carbocycles. The first-order valence-electron chi connectivity index (χ1n) is 12.2. The minimum atomic E-state index is -0.772. The second-order valence-electron chi connectivity index (χ2n) is 10.6. The number of nitrogens with zero attached hydrogens (tertiary/aromatic N) is 4. The van der Waals surface area contributed by atoms with E-state index in [0.717, 1.165) is 24.1 Å². The van der Waals surface area contributed by atoms with Gasteiger partial charge >= 0.3 is 0 Å². The van der Waals surface area contributed by atoms with E-state index in [-0.39, 0.29) is 44.5 Å². The molecular formula is C25H33Cl2N5O4. The van der Waals surface area contributed by atoms with Gasteiger partial charge in [0.25, 0.3) is 0 Å². The second-order valence-corrected chi connectivity index (χ2v) is 11.5. The van der Waals surface area contributed by atoms with Gasteiger partial charge in [0.05, 0.1) is 25.0 Å². The molecule has 0 spiro atoms. The summed E-state index contributed by atoms with van der Waals surface area (Å²) in [6.45, 7) is 6.78. The van der Waals surface area contributed by atoms with Crippen molar-refractivity contribution >= 4 is 35.0 Å². The third-order valence-corrected chi connectivity index (χ3v) is 7.11. The summed E-state index contributed by atoms with van der Waals surface area (Å²) in [5, 5.41) is 22.8. The van der Waals surface area contributed by atoms with Crippen LogP contribution in [0.5, 0.6) is 0 Å². The molecule has 11 heteroatoms. The van der Waals surface area contributed by atoms with Crippen LogP contribution in [0.1, 0.15) is 63.3 Å². The van der Waals surface area contributed by atoms with Crippen molar-refractivity contribution < 1.29 is 19.4 Å². The van der Waals surface area contributed by atoms with E-state index < -0.39 is 23.6 Å². The molecule has 1 aromatic heterocycles. The second kappa shape index (κ2) is 11.0. The first-order chi connectivity index (χ1) is 17.0. The Labute approximate surface area is 221 Å². The maximum atomic E-state index is 13.7. The highest BCUT2D eigenvalue weighted by Gasteiger charge is 2.45. The number of benzene rings is 1. The van der Waals surface area contributed by atoms with Gasteiger partial charge in [-0.1, -0.05) is 55.3 Å². The Balaban J connectivity index is 1.35. The average Bonchev–Trinajstić information content (AvgIpc) is 3.41. The van der Waals surface area contributed by atoms with Crippen LogP contribution in [0.2, 0.25) is 10.0 Å². The van der Waals surface area contributed by atoms with Crippen molar-refractivity contribution in [3.8, 4) is 0 Å². The Morgan fingerprint density at radius 3 is 2.69 bits per heavy atom. The molecule has 0 bridgehead atoms. The first-order valence-corrected chi connectivity index (χ1v) is 13.0. The molecule has 2 amide bonds. The van der Waals surface area contributed by atoms with Crippen LogP contribution >= 0.6 is 23.2 Å². The first kappa shape index (κ1) is 26.9. The van der Waals surface area contributed by atoms with Crippen molar-refractivity contribution in [2.24, 2.45) is 5.41 Å². The zero-order valence-corrected chi connectivity index (χ0v) is 22.3. The molecule has 2 aromatic rings. The number of aromatic nitrogens is 3. The Kier molecular flexibility index (Phi) is 8.24. The number of amides is 2. The summed E-state index contributed by atoms with van der Waals surface area (Å²) in [7, 11) is 0. The monoisotopic (exact) mass is 537 g/mol. The minimum absolute atomic E-state index is 0.0965. The van der Waals surface area contributed by atoms with Crippen LogP contribution in [-0.2, 0) is 20.9 Å². The number of rotatable bonds is 9. The summed E-state index contributed by atoms with van der Waals surface area (Å²) in [5.74, 6) is -0.155. The summed E-state index contributed by atoms with van der Waals surface area (Å²) in [6.07, 6.45) is 3.43. The molecular weight excluding hydrogens is 505 g/mol.